The highest BCUT2D eigenvalue weighted by molar-refractivity contribution is 6.33. The Bertz CT molecular complexity index is 562. The van der Waals surface area contributed by atoms with Crippen molar-refractivity contribution in [2.24, 2.45) is 0 Å². The summed E-state index contributed by atoms with van der Waals surface area (Å²) in [7, 11) is 0. The minimum absolute atomic E-state index is 0.146. The zero-order chi connectivity index (χ0) is 12.3. The number of nitrogens with zero attached hydrogens (tertiary/aromatic N) is 2. The van der Waals surface area contributed by atoms with Crippen LogP contribution >= 0.6 is 11.6 Å². The maximum atomic E-state index is 13.2. The lowest BCUT2D eigenvalue weighted by Crippen LogP contribution is -2.14. The number of carbonyl (C=O) groups is 1. The highest BCUT2D eigenvalue weighted by Gasteiger charge is 2.13. The molecule has 0 saturated carbocycles. The summed E-state index contributed by atoms with van der Waals surface area (Å²) in [6.07, 6.45) is 4.14. The summed E-state index contributed by atoms with van der Waals surface area (Å²) < 4.78 is 13.2. The molecule has 86 valence electrons. The third kappa shape index (κ3) is 2.57. The number of aromatic nitrogens is 2. The van der Waals surface area contributed by atoms with E-state index in [0.717, 1.165) is 0 Å². The predicted molar refractivity (Wildman–Crippen MR) is 61.4 cm³/mol. The van der Waals surface area contributed by atoms with E-state index in [1.165, 1.54) is 36.8 Å². The first-order valence-corrected chi connectivity index (χ1v) is 5.07. The van der Waals surface area contributed by atoms with Crippen molar-refractivity contribution in [2.75, 3.05) is 5.32 Å². The van der Waals surface area contributed by atoms with Gasteiger partial charge in [-0.25, -0.2) is 4.98 Å². The van der Waals surface area contributed by atoms with Crippen LogP contribution in [0.2, 0.25) is 5.02 Å². The number of nitrogens with one attached hydrogen (secondary N) is 1. The molecular weight excluding hydrogens is 245 g/mol. The lowest BCUT2D eigenvalue weighted by atomic mass is 10.2. The first-order chi connectivity index (χ1) is 8.18. The number of halogens is 2. The van der Waals surface area contributed by atoms with Crippen LogP contribution in [0.3, 0.4) is 0 Å². The number of amides is 1. The molecule has 0 bridgehead atoms. The summed E-state index contributed by atoms with van der Waals surface area (Å²) in [6.45, 7) is 0. The van der Waals surface area contributed by atoms with Crippen molar-refractivity contribution in [2.45, 2.75) is 0 Å². The van der Waals surface area contributed by atoms with E-state index in [1.54, 1.807) is 0 Å². The molecule has 17 heavy (non-hydrogen) atoms. The van der Waals surface area contributed by atoms with Crippen LogP contribution in [0.4, 0.5) is 10.1 Å². The SMILES string of the molecule is O=C(Nc1cnccc1Cl)c1cccnc1F. The Balaban J connectivity index is 2.24. The maximum Gasteiger partial charge on any atom is 0.260 e. The molecule has 0 aromatic carbocycles. The van der Waals surface area contributed by atoms with Crippen molar-refractivity contribution in [1.82, 2.24) is 9.97 Å². The molecule has 0 spiro atoms. The van der Waals surface area contributed by atoms with Crippen molar-refractivity contribution >= 4 is 23.2 Å². The summed E-state index contributed by atoms with van der Waals surface area (Å²) in [5.41, 5.74) is 0.176. The molecule has 0 atom stereocenters. The Labute approximate surface area is 101 Å². The minimum atomic E-state index is -0.829. The molecule has 1 amide bonds. The minimum Gasteiger partial charge on any atom is -0.319 e. The van der Waals surface area contributed by atoms with Crippen LogP contribution in [-0.2, 0) is 0 Å². The molecule has 2 aromatic heterocycles. The highest BCUT2D eigenvalue weighted by atomic mass is 35.5. The number of carbonyl (C=O) groups excluding carboxylic acids is 1. The van der Waals surface area contributed by atoms with E-state index >= 15 is 0 Å². The van der Waals surface area contributed by atoms with E-state index in [2.05, 4.69) is 15.3 Å². The van der Waals surface area contributed by atoms with Crippen molar-refractivity contribution in [3.63, 3.8) is 0 Å². The third-order valence-electron chi connectivity index (χ3n) is 2.02. The summed E-state index contributed by atoms with van der Waals surface area (Å²) in [5.74, 6) is -1.45. The van der Waals surface area contributed by atoms with Crippen molar-refractivity contribution in [3.05, 3.63) is 53.3 Å². The van der Waals surface area contributed by atoms with Gasteiger partial charge in [0.25, 0.3) is 5.91 Å². The average Bonchev–Trinajstić information content (AvgIpc) is 2.32. The molecular formula is C11H7ClFN3O. The van der Waals surface area contributed by atoms with Gasteiger partial charge < -0.3 is 5.32 Å². The molecule has 0 fully saturated rings. The van der Waals surface area contributed by atoms with E-state index in [0.29, 0.717) is 10.7 Å². The largest absolute Gasteiger partial charge is 0.319 e. The smallest absolute Gasteiger partial charge is 0.260 e. The van der Waals surface area contributed by atoms with E-state index in [1.807, 2.05) is 0 Å². The van der Waals surface area contributed by atoms with Gasteiger partial charge in [0.05, 0.1) is 22.5 Å². The Kier molecular flexibility index (Phi) is 3.30. The summed E-state index contributed by atoms with van der Waals surface area (Å²) in [6, 6.07) is 4.33. The molecule has 0 aliphatic heterocycles. The molecule has 2 rings (SSSR count). The van der Waals surface area contributed by atoms with E-state index < -0.39 is 11.9 Å². The van der Waals surface area contributed by atoms with Crippen LogP contribution in [0.15, 0.2) is 36.8 Å². The van der Waals surface area contributed by atoms with Crippen LogP contribution in [0, 0.1) is 5.95 Å². The monoisotopic (exact) mass is 251 g/mol. The van der Waals surface area contributed by atoms with Crippen LogP contribution in [0.1, 0.15) is 10.4 Å². The molecule has 0 aliphatic rings. The van der Waals surface area contributed by atoms with Gasteiger partial charge in [-0.3, -0.25) is 9.78 Å². The van der Waals surface area contributed by atoms with Crippen LogP contribution in [-0.4, -0.2) is 15.9 Å². The maximum absolute atomic E-state index is 13.2. The number of hydrogen-bond acceptors (Lipinski definition) is 3. The van der Waals surface area contributed by atoms with Crippen molar-refractivity contribution in [3.8, 4) is 0 Å². The standard InChI is InChI=1S/C11H7ClFN3O/c12-8-3-5-14-6-9(8)16-11(17)7-2-1-4-15-10(7)13/h1-6H,(H,16,17). The van der Waals surface area contributed by atoms with Gasteiger partial charge >= 0.3 is 0 Å². The summed E-state index contributed by atoms with van der Waals surface area (Å²) >= 11 is 5.83. The zero-order valence-corrected chi connectivity index (χ0v) is 9.28. The Morgan fingerprint density at radius 3 is 2.88 bits per heavy atom. The quantitative estimate of drug-likeness (QED) is 0.835. The summed E-state index contributed by atoms with van der Waals surface area (Å²) in [5, 5.41) is 2.79. The molecule has 0 radical (unpaired) electrons. The number of pyridine rings is 2. The van der Waals surface area contributed by atoms with Gasteiger partial charge in [0.1, 0.15) is 0 Å². The second kappa shape index (κ2) is 4.88. The highest BCUT2D eigenvalue weighted by Crippen LogP contribution is 2.20. The molecule has 0 aliphatic carbocycles. The van der Waals surface area contributed by atoms with Crippen molar-refractivity contribution in [1.29, 1.82) is 0 Å². The molecule has 2 aromatic rings. The second-order valence-electron chi connectivity index (χ2n) is 3.15. The number of hydrogen-bond donors (Lipinski definition) is 1. The van der Waals surface area contributed by atoms with Gasteiger partial charge in [0.15, 0.2) is 0 Å². The molecule has 4 nitrogen and oxygen atoms in total. The number of rotatable bonds is 2. The fourth-order valence-electron chi connectivity index (χ4n) is 1.21. The lowest BCUT2D eigenvalue weighted by molar-refractivity contribution is 0.102. The molecule has 1 N–H and O–H groups in total. The van der Waals surface area contributed by atoms with Crippen LogP contribution < -0.4 is 5.32 Å². The van der Waals surface area contributed by atoms with E-state index in [9.17, 15) is 9.18 Å². The third-order valence-corrected chi connectivity index (χ3v) is 2.35. The predicted octanol–water partition coefficient (Wildman–Crippen LogP) is 2.52. The Morgan fingerprint density at radius 1 is 1.35 bits per heavy atom. The normalized spacial score (nSPS) is 10.0. The van der Waals surface area contributed by atoms with Gasteiger partial charge in [-0.2, -0.15) is 4.39 Å². The van der Waals surface area contributed by atoms with E-state index in [4.69, 9.17) is 11.6 Å². The fourth-order valence-corrected chi connectivity index (χ4v) is 1.37. The average molecular weight is 252 g/mol. The van der Waals surface area contributed by atoms with Gasteiger partial charge in [-0.05, 0) is 18.2 Å². The molecule has 2 heterocycles. The number of anilines is 1. The Morgan fingerprint density at radius 2 is 2.18 bits per heavy atom. The molecule has 6 heteroatoms. The Hall–Kier alpha value is -2.01. The topological polar surface area (TPSA) is 54.9 Å². The first kappa shape index (κ1) is 11.5. The first-order valence-electron chi connectivity index (χ1n) is 4.70. The van der Waals surface area contributed by atoms with Crippen molar-refractivity contribution < 1.29 is 9.18 Å². The van der Waals surface area contributed by atoms with Crippen LogP contribution in [0.25, 0.3) is 0 Å². The second-order valence-corrected chi connectivity index (χ2v) is 3.56. The van der Waals surface area contributed by atoms with Crippen LogP contribution in [0.5, 0.6) is 0 Å². The fraction of sp³-hybridized carbons (Fsp3) is 0. The lowest BCUT2D eigenvalue weighted by Gasteiger charge is -2.06. The van der Waals surface area contributed by atoms with Gasteiger partial charge in [-0.1, -0.05) is 11.6 Å². The van der Waals surface area contributed by atoms with Gasteiger partial charge in [0.2, 0.25) is 5.95 Å². The summed E-state index contributed by atoms with van der Waals surface area (Å²) in [4.78, 5) is 18.9. The molecule has 0 saturated heterocycles. The molecule has 0 unspecified atom stereocenters. The zero-order valence-electron chi connectivity index (χ0n) is 8.52. The van der Waals surface area contributed by atoms with Gasteiger partial charge in [0, 0.05) is 12.4 Å². The van der Waals surface area contributed by atoms with E-state index in [-0.39, 0.29) is 5.56 Å². The van der Waals surface area contributed by atoms with Gasteiger partial charge in [-0.15, -0.1) is 0 Å².